The standard InChI is InChI=1S/C26H33F3N5O4P/c1-6-37-39(5,36)20-11-7-10-17-18(13-30-22(17)20)21-19(26(27,28)29)14-31-23(33-21)32-16-9-8-12-34(15-16)24(35)38-25(2,3)4/h7,10-11,13-14,16,30H,6,8-9,12,15H2,1-5H3,(H,31,32,33)/t16-,39?/m0/s1. The monoisotopic (exact) mass is 567 g/mol. The molecule has 2 aromatic heterocycles. The van der Waals surface area contributed by atoms with Crippen LogP contribution in [0.15, 0.2) is 30.6 Å². The summed E-state index contributed by atoms with van der Waals surface area (Å²) in [6.45, 7) is 9.60. The molecule has 0 radical (unpaired) electrons. The van der Waals surface area contributed by atoms with E-state index in [-0.39, 0.29) is 29.9 Å². The first-order valence-electron chi connectivity index (χ1n) is 12.7. The summed E-state index contributed by atoms with van der Waals surface area (Å²) in [7, 11) is -3.22. The van der Waals surface area contributed by atoms with E-state index >= 15 is 0 Å². The normalized spacial score (nSPS) is 18.2. The van der Waals surface area contributed by atoms with Crippen LogP contribution in [0.2, 0.25) is 0 Å². The third-order valence-electron chi connectivity index (χ3n) is 6.26. The summed E-state index contributed by atoms with van der Waals surface area (Å²) in [6, 6.07) is 4.63. The number of aromatic amines is 1. The molecular formula is C26H33F3N5O4P. The van der Waals surface area contributed by atoms with Crippen LogP contribution in [0.4, 0.5) is 23.9 Å². The molecule has 1 unspecified atom stereocenters. The lowest BCUT2D eigenvalue weighted by Gasteiger charge is -2.34. The molecule has 39 heavy (non-hydrogen) atoms. The van der Waals surface area contributed by atoms with E-state index < -0.39 is 30.8 Å². The lowest BCUT2D eigenvalue weighted by atomic mass is 10.1. The molecule has 0 spiro atoms. The topological polar surface area (TPSA) is 109 Å². The fourth-order valence-corrected chi connectivity index (χ4v) is 6.20. The fourth-order valence-electron chi connectivity index (χ4n) is 4.62. The lowest BCUT2D eigenvalue weighted by Crippen LogP contribution is -2.47. The van der Waals surface area contributed by atoms with Crippen LogP contribution in [0.3, 0.4) is 0 Å². The zero-order chi connectivity index (χ0) is 28.6. The van der Waals surface area contributed by atoms with Crippen LogP contribution in [-0.2, 0) is 20.0 Å². The van der Waals surface area contributed by atoms with Crippen molar-refractivity contribution in [1.29, 1.82) is 0 Å². The second-order valence-corrected chi connectivity index (χ2v) is 13.0. The van der Waals surface area contributed by atoms with Gasteiger partial charge < -0.3 is 24.5 Å². The minimum Gasteiger partial charge on any atom is -0.444 e. The van der Waals surface area contributed by atoms with E-state index in [9.17, 15) is 22.5 Å². The van der Waals surface area contributed by atoms with E-state index in [1.165, 1.54) is 12.9 Å². The highest BCUT2D eigenvalue weighted by atomic mass is 31.2. The zero-order valence-electron chi connectivity index (χ0n) is 22.6. The number of nitrogens with zero attached hydrogens (tertiary/aromatic N) is 3. The highest BCUT2D eigenvalue weighted by Crippen LogP contribution is 2.45. The van der Waals surface area contributed by atoms with Gasteiger partial charge in [-0.3, -0.25) is 4.57 Å². The number of ether oxygens (including phenoxy) is 1. The fraction of sp³-hybridized carbons (Fsp3) is 0.500. The van der Waals surface area contributed by atoms with Crippen molar-refractivity contribution in [3.05, 3.63) is 36.2 Å². The number of fused-ring (bicyclic) bond motifs is 1. The average molecular weight is 568 g/mol. The van der Waals surface area contributed by atoms with E-state index in [1.54, 1.807) is 50.8 Å². The summed E-state index contributed by atoms with van der Waals surface area (Å²) in [4.78, 5) is 25.3. The first-order chi connectivity index (χ1) is 18.2. The third-order valence-corrected chi connectivity index (χ3v) is 8.26. The lowest BCUT2D eigenvalue weighted by molar-refractivity contribution is -0.137. The molecule has 2 atom stereocenters. The van der Waals surface area contributed by atoms with E-state index in [4.69, 9.17) is 9.26 Å². The number of aromatic nitrogens is 3. The van der Waals surface area contributed by atoms with Crippen LogP contribution >= 0.6 is 7.37 Å². The summed E-state index contributed by atoms with van der Waals surface area (Å²) < 4.78 is 66.2. The molecule has 13 heteroatoms. The maximum atomic E-state index is 14.0. The Morgan fingerprint density at radius 1 is 1.28 bits per heavy atom. The Bertz CT molecular complexity index is 1400. The van der Waals surface area contributed by atoms with Crippen molar-refractivity contribution >= 4 is 35.6 Å². The van der Waals surface area contributed by atoms with Crippen molar-refractivity contribution in [2.75, 3.05) is 31.7 Å². The summed E-state index contributed by atoms with van der Waals surface area (Å²) >= 11 is 0. The number of carbonyl (C=O) groups is 1. The first-order valence-corrected chi connectivity index (χ1v) is 14.8. The van der Waals surface area contributed by atoms with Gasteiger partial charge in [0.15, 0.2) is 0 Å². The summed E-state index contributed by atoms with van der Waals surface area (Å²) in [6.07, 6.45) is -1.61. The minimum atomic E-state index is -4.71. The molecule has 3 heterocycles. The number of likely N-dealkylation sites (tertiary alicyclic amines) is 1. The molecule has 2 N–H and O–H groups in total. The molecule has 212 valence electrons. The third kappa shape index (κ3) is 6.55. The van der Waals surface area contributed by atoms with Gasteiger partial charge in [0, 0.05) is 49.1 Å². The highest BCUT2D eigenvalue weighted by Gasteiger charge is 2.37. The Kier molecular flexibility index (Phi) is 8.01. The summed E-state index contributed by atoms with van der Waals surface area (Å²) in [5.74, 6) is 0.00928. The Balaban J connectivity index is 1.68. The number of carbonyl (C=O) groups excluding carboxylic acids is 1. The average Bonchev–Trinajstić information content (AvgIpc) is 3.26. The van der Waals surface area contributed by atoms with Gasteiger partial charge in [-0.25, -0.2) is 14.8 Å². The summed E-state index contributed by atoms with van der Waals surface area (Å²) in [5.41, 5.74) is -1.34. The summed E-state index contributed by atoms with van der Waals surface area (Å²) in [5, 5.41) is 3.91. The van der Waals surface area contributed by atoms with Gasteiger partial charge in [-0.1, -0.05) is 12.1 Å². The van der Waals surface area contributed by atoms with Crippen molar-refractivity contribution in [2.45, 2.75) is 58.4 Å². The van der Waals surface area contributed by atoms with Crippen LogP contribution < -0.4 is 10.6 Å². The number of H-pyrrole nitrogens is 1. The van der Waals surface area contributed by atoms with E-state index in [0.717, 1.165) is 6.20 Å². The molecule has 9 nitrogen and oxygen atoms in total. The number of nitrogens with one attached hydrogen (secondary N) is 2. The minimum absolute atomic E-state index is 0.00928. The van der Waals surface area contributed by atoms with E-state index in [0.29, 0.717) is 42.1 Å². The van der Waals surface area contributed by atoms with Crippen LogP contribution in [0.5, 0.6) is 0 Å². The van der Waals surface area contributed by atoms with E-state index in [2.05, 4.69) is 20.3 Å². The number of benzene rings is 1. The van der Waals surface area contributed by atoms with Gasteiger partial charge in [0.25, 0.3) is 0 Å². The molecule has 1 aliphatic rings. The first kappa shape index (κ1) is 28.9. The molecule has 0 bridgehead atoms. The quantitative estimate of drug-likeness (QED) is 0.351. The van der Waals surface area contributed by atoms with Gasteiger partial charge in [-0.15, -0.1) is 0 Å². The smallest absolute Gasteiger partial charge is 0.419 e. The SMILES string of the molecule is CCOP(C)(=O)c1cccc2c(-c3nc(N[C@H]4CCCN(C(=O)OC(C)(C)C)C4)ncc3C(F)(F)F)c[nH]c12. The Morgan fingerprint density at radius 3 is 2.69 bits per heavy atom. The van der Waals surface area contributed by atoms with E-state index in [1.807, 2.05) is 0 Å². The number of halogens is 3. The highest BCUT2D eigenvalue weighted by molar-refractivity contribution is 7.66. The molecule has 1 aromatic carbocycles. The van der Waals surface area contributed by atoms with Crippen LogP contribution in [0, 0.1) is 0 Å². The Morgan fingerprint density at radius 2 is 2.03 bits per heavy atom. The van der Waals surface area contributed by atoms with Crippen molar-refractivity contribution in [3.63, 3.8) is 0 Å². The predicted octanol–water partition coefficient (Wildman–Crippen LogP) is 6.02. The number of anilines is 1. The van der Waals surface area contributed by atoms with Gasteiger partial charge in [0.1, 0.15) is 11.2 Å². The largest absolute Gasteiger partial charge is 0.444 e. The maximum Gasteiger partial charge on any atom is 0.419 e. The zero-order valence-corrected chi connectivity index (χ0v) is 23.4. The van der Waals surface area contributed by atoms with Crippen LogP contribution in [0.25, 0.3) is 22.2 Å². The van der Waals surface area contributed by atoms with Crippen molar-refractivity contribution in [1.82, 2.24) is 19.9 Å². The van der Waals surface area contributed by atoms with Gasteiger partial charge in [-0.2, -0.15) is 13.2 Å². The number of para-hydroxylation sites is 1. The van der Waals surface area contributed by atoms with Gasteiger partial charge in [0.2, 0.25) is 13.3 Å². The number of rotatable bonds is 6. The molecule has 1 saturated heterocycles. The van der Waals surface area contributed by atoms with Gasteiger partial charge >= 0.3 is 12.3 Å². The molecule has 0 saturated carbocycles. The van der Waals surface area contributed by atoms with Gasteiger partial charge in [-0.05, 0) is 46.6 Å². The number of amides is 1. The molecular weight excluding hydrogens is 534 g/mol. The number of piperidine rings is 1. The van der Waals surface area contributed by atoms with Crippen LogP contribution in [0.1, 0.15) is 46.1 Å². The second kappa shape index (κ2) is 10.8. The number of hydrogen-bond donors (Lipinski definition) is 2. The predicted molar refractivity (Wildman–Crippen MR) is 144 cm³/mol. The molecule has 3 aromatic rings. The Hall–Kier alpha value is -3.11. The molecule has 1 fully saturated rings. The van der Waals surface area contributed by atoms with Crippen molar-refractivity contribution < 1.29 is 31.8 Å². The molecule has 1 amide bonds. The number of hydrogen-bond acceptors (Lipinski definition) is 7. The van der Waals surface area contributed by atoms with Crippen molar-refractivity contribution in [3.8, 4) is 11.3 Å². The molecule has 0 aliphatic carbocycles. The maximum absolute atomic E-state index is 14.0. The molecule has 1 aliphatic heterocycles. The van der Waals surface area contributed by atoms with Gasteiger partial charge in [0.05, 0.1) is 23.1 Å². The second-order valence-electron chi connectivity index (χ2n) is 10.5. The molecule has 4 rings (SSSR count). The van der Waals surface area contributed by atoms with Crippen molar-refractivity contribution in [2.24, 2.45) is 0 Å². The van der Waals surface area contributed by atoms with Crippen LogP contribution in [-0.4, -0.2) is 63.9 Å². The number of alkyl halides is 3. The Labute approximate surface area is 224 Å².